The highest BCUT2D eigenvalue weighted by molar-refractivity contribution is 5.94. The predicted octanol–water partition coefficient (Wildman–Crippen LogP) is 3.15. The Morgan fingerprint density at radius 3 is 2.67 bits per heavy atom. The maximum atomic E-state index is 10.8. The van der Waals surface area contributed by atoms with Crippen molar-refractivity contribution in [1.82, 2.24) is 0 Å². The summed E-state index contributed by atoms with van der Waals surface area (Å²) in [5, 5.41) is 10.6. The molecule has 4 nitrogen and oxygen atoms in total. The standard InChI is InChI=1S/C14H10O4/c1-2-7-17-18-13-6-5-10-8-12(14(15)16)4-3-11(10)9-13/h3-9H,1H2,(H,15,16). The average molecular weight is 242 g/mol. The van der Waals surface area contributed by atoms with Crippen molar-refractivity contribution in [2.24, 2.45) is 0 Å². The zero-order valence-corrected chi connectivity index (χ0v) is 9.42. The second-order valence-corrected chi connectivity index (χ2v) is 3.53. The molecule has 2 rings (SSSR count). The Morgan fingerprint density at radius 1 is 1.22 bits per heavy atom. The van der Waals surface area contributed by atoms with Gasteiger partial charge < -0.3 is 5.11 Å². The van der Waals surface area contributed by atoms with Gasteiger partial charge in [-0.25, -0.2) is 4.79 Å². The highest BCUT2D eigenvalue weighted by Gasteiger charge is 2.04. The smallest absolute Gasteiger partial charge is 0.335 e. The molecular weight excluding hydrogens is 232 g/mol. The van der Waals surface area contributed by atoms with Crippen LogP contribution in [0, 0.1) is 0 Å². The van der Waals surface area contributed by atoms with E-state index in [9.17, 15) is 4.79 Å². The Bertz CT molecular complexity index is 639. The van der Waals surface area contributed by atoms with Gasteiger partial charge >= 0.3 is 5.97 Å². The van der Waals surface area contributed by atoms with Crippen LogP contribution in [0.4, 0.5) is 0 Å². The third-order valence-electron chi connectivity index (χ3n) is 2.33. The van der Waals surface area contributed by atoms with Crippen LogP contribution in [-0.4, -0.2) is 11.1 Å². The maximum absolute atomic E-state index is 10.8. The van der Waals surface area contributed by atoms with Gasteiger partial charge in [-0.05, 0) is 35.0 Å². The van der Waals surface area contributed by atoms with Crippen molar-refractivity contribution >= 4 is 16.7 Å². The number of carboxylic acid groups (broad SMARTS) is 1. The zero-order valence-electron chi connectivity index (χ0n) is 9.42. The van der Waals surface area contributed by atoms with Crippen LogP contribution in [0.3, 0.4) is 0 Å². The van der Waals surface area contributed by atoms with E-state index >= 15 is 0 Å². The normalized spacial score (nSPS) is 9.56. The molecule has 0 bridgehead atoms. The molecule has 0 fully saturated rings. The van der Waals surface area contributed by atoms with Crippen molar-refractivity contribution < 1.29 is 19.7 Å². The highest BCUT2D eigenvalue weighted by atomic mass is 17.2. The van der Waals surface area contributed by atoms with Crippen LogP contribution >= 0.6 is 0 Å². The van der Waals surface area contributed by atoms with Gasteiger partial charge in [-0.2, -0.15) is 0 Å². The van der Waals surface area contributed by atoms with Crippen molar-refractivity contribution in [3.63, 3.8) is 0 Å². The number of fused-ring (bicyclic) bond motifs is 1. The van der Waals surface area contributed by atoms with Gasteiger partial charge in [0.25, 0.3) is 0 Å². The van der Waals surface area contributed by atoms with Crippen LogP contribution in [0.25, 0.3) is 10.8 Å². The van der Waals surface area contributed by atoms with Gasteiger partial charge in [-0.15, -0.1) is 0 Å². The molecule has 2 aromatic rings. The molecule has 0 aliphatic heterocycles. The summed E-state index contributed by atoms with van der Waals surface area (Å²) in [7, 11) is 0. The lowest BCUT2D eigenvalue weighted by molar-refractivity contribution is -0.148. The van der Waals surface area contributed by atoms with Crippen molar-refractivity contribution in [2.75, 3.05) is 0 Å². The first-order valence-electron chi connectivity index (χ1n) is 5.15. The van der Waals surface area contributed by atoms with Crippen LogP contribution in [0.1, 0.15) is 10.4 Å². The number of rotatable bonds is 4. The number of benzene rings is 2. The average Bonchev–Trinajstić information content (AvgIpc) is 2.38. The number of carboxylic acids is 1. The number of hydrogen-bond acceptors (Lipinski definition) is 3. The van der Waals surface area contributed by atoms with E-state index in [0.717, 1.165) is 10.8 Å². The summed E-state index contributed by atoms with van der Waals surface area (Å²) in [6, 6.07) is 10.1. The molecule has 0 unspecified atom stereocenters. The molecule has 0 aromatic heterocycles. The van der Waals surface area contributed by atoms with Crippen molar-refractivity contribution in [2.45, 2.75) is 0 Å². The first kappa shape index (κ1) is 11.8. The minimum Gasteiger partial charge on any atom is -0.478 e. The van der Waals surface area contributed by atoms with Gasteiger partial charge in [0.2, 0.25) is 0 Å². The third-order valence-corrected chi connectivity index (χ3v) is 2.33. The molecule has 0 aliphatic carbocycles. The van der Waals surface area contributed by atoms with Crippen LogP contribution in [0.5, 0.6) is 5.75 Å². The molecule has 1 N–H and O–H groups in total. The Hall–Kier alpha value is -2.71. The molecule has 0 saturated carbocycles. The molecule has 0 heterocycles. The summed E-state index contributed by atoms with van der Waals surface area (Å²) in [4.78, 5) is 20.5. The van der Waals surface area contributed by atoms with Crippen molar-refractivity contribution in [1.29, 1.82) is 0 Å². The highest BCUT2D eigenvalue weighted by Crippen LogP contribution is 2.22. The maximum Gasteiger partial charge on any atom is 0.335 e. The fraction of sp³-hybridized carbons (Fsp3) is 0. The predicted molar refractivity (Wildman–Crippen MR) is 66.3 cm³/mol. The van der Waals surface area contributed by atoms with E-state index in [2.05, 4.69) is 17.2 Å². The lowest BCUT2D eigenvalue weighted by Crippen LogP contribution is -1.95. The Morgan fingerprint density at radius 2 is 1.94 bits per heavy atom. The van der Waals surface area contributed by atoms with Gasteiger partial charge in [-0.3, -0.25) is 9.78 Å². The topological polar surface area (TPSA) is 55.8 Å². The first-order chi connectivity index (χ1) is 8.70. The molecular formula is C14H10O4. The van der Waals surface area contributed by atoms with E-state index in [1.54, 1.807) is 36.4 Å². The fourth-order valence-electron chi connectivity index (χ4n) is 1.52. The van der Waals surface area contributed by atoms with Crippen LogP contribution in [0.15, 0.2) is 55.0 Å². The minimum absolute atomic E-state index is 0.252. The Kier molecular flexibility index (Phi) is 3.32. The van der Waals surface area contributed by atoms with E-state index in [1.165, 1.54) is 6.26 Å². The van der Waals surface area contributed by atoms with E-state index in [-0.39, 0.29) is 5.56 Å². The summed E-state index contributed by atoms with van der Waals surface area (Å²) >= 11 is 0. The molecule has 0 amide bonds. The third kappa shape index (κ3) is 2.51. The van der Waals surface area contributed by atoms with Crippen LogP contribution in [-0.2, 0) is 4.89 Å². The molecule has 0 radical (unpaired) electrons. The Labute approximate surface area is 103 Å². The fourth-order valence-corrected chi connectivity index (χ4v) is 1.52. The number of aromatic carboxylic acids is 1. The van der Waals surface area contributed by atoms with E-state index in [4.69, 9.17) is 9.99 Å². The lowest BCUT2D eigenvalue weighted by Gasteiger charge is -2.04. The number of carbonyl (C=O) groups is 1. The molecule has 0 aliphatic rings. The summed E-state index contributed by atoms with van der Waals surface area (Å²) < 4.78 is 0. The molecule has 0 atom stereocenters. The van der Waals surface area contributed by atoms with Crippen LogP contribution in [0.2, 0.25) is 0 Å². The van der Waals surface area contributed by atoms with E-state index in [1.807, 2.05) is 0 Å². The van der Waals surface area contributed by atoms with Crippen LogP contribution < -0.4 is 4.89 Å². The molecule has 0 spiro atoms. The van der Waals surface area contributed by atoms with Gasteiger partial charge in [0, 0.05) is 0 Å². The largest absolute Gasteiger partial charge is 0.478 e. The molecule has 2 aromatic carbocycles. The second kappa shape index (κ2) is 5.08. The summed E-state index contributed by atoms with van der Waals surface area (Å²) in [6.45, 7) is 3.33. The van der Waals surface area contributed by atoms with E-state index in [0.29, 0.717) is 5.75 Å². The zero-order chi connectivity index (χ0) is 13.0. The van der Waals surface area contributed by atoms with Gasteiger partial charge in [-0.1, -0.05) is 24.4 Å². The van der Waals surface area contributed by atoms with Crippen molar-refractivity contribution in [3.8, 4) is 5.75 Å². The molecule has 0 saturated heterocycles. The minimum atomic E-state index is -0.948. The van der Waals surface area contributed by atoms with Gasteiger partial charge in [0.1, 0.15) is 0 Å². The SMILES string of the molecule is C=C=COOc1ccc2cc(C(=O)O)ccc2c1. The second-order valence-electron chi connectivity index (χ2n) is 3.53. The monoisotopic (exact) mass is 242 g/mol. The summed E-state index contributed by atoms with van der Waals surface area (Å²) in [5.41, 5.74) is 2.66. The molecule has 4 heteroatoms. The lowest BCUT2D eigenvalue weighted by atomic mass is 10.1. The Balaban J connectivity index is 2.32. The van der Waals surface area contributed by atoms with E-state index < -0.39 is 5.97 Å². The van der Waals surface area contributed by atoms with Gasteiger partial charge in [0.15, 0.2) is 12.0 Å². The quantitative estimate of drug-likeness (QED) is 0.387. The van der Waals surface area contributed by atoms with Gasteiger partial charge in [0.05, 0.1) is 5.56 Å². The first-order valence-corrected chi connectivity index (χ1v) is 5.15. The summed E-state index contributed by atoms with van der Waals surface area (Å²) in [5.74, 6) is -0.436. The van der Waals surface area contributed by atoms with Crippen molar-refractivity contribution in [3.05, 3.63) is 60.5 Å². The number of hydrogen-bond donors (Lipinski definition) is 1. The summed E-state index contributed by atoms with van der Waals surface area (Å²) in [6.07, 6.45) is 1.19. The molecule has 18 heavy (non-hydrogen) atoms. The molecule has 90 valence electrons.